The molecule has 0 aliphatic heterocycles. The Bertz CT molecular complexity index is 663. The van der Waals surface area contributed by atoms with Crippen molar-refractivity contribution in [2.75, 3.05) is 11.9 Å². The summed E-state index contributed by atoms with van der Waals surface area (Å²) in [5.41, 5.74) is 1.16. The molecule has 0 bridgehead atoms. The van der Waals surface area contributed by atoms with E-state index in [1.165, 1.54) is 18.3 Å². The van der Waals surface area contributed by atoms with E-state index in [2.05, 4.69) is 25.3 Å². The maximum Gasteiger partial charge on any atom is 0.422 e. The maximum absolute atomic E-state index is 12.0. The fourth-order valence-corrected chi connectivity index (χ4v) is 1.77. The second kappa shape index (κ2) is 7.62. The van der Waals surface area contributed by atoms with E-state index in [0.717, 1.165) is 5.56 Å². The second-order valence-corrected chi connectivity index (χ2v) is 4.90. The molecule has 2 aromatic rings. The van der Waals surface area contributed by atoms with E-state index in [4.69, 9.17) is 0 Å². The average Bonchev–Trinajstić information content (AvgIpc) is 2.54. The molecule has 0 aliphatic carbocycles. The number of rotatable bonds is 5. The van der Waals surface area contributed by atoms with Gasteiger partial charge in [0.05, 0.1) is 17.9 Å². The van der Waals surface area contributed by atoms with Crippen molar-refractivity contribution in [3.63, 3.8) is 0 Å². The van der Waals surface area contributed by atoms with Crippen molar-refractivity contribution in [3.05, 3.63) is 48.4 Å². The smallest absolute Gasteiger partial charge is 0.422 e. The van der Waals surface area contributed by atoms with Crippen LogP contribution in [-0.2, 0) is 0 Å². The molecule has 24 heavy (non-hydrogen) atoms. The number of hydrogen-bond acceptors (Lipinski definition) is 4. The molecule has 0 spiro atoms. The molecule has 2 rings (SSSR count). The predicted octanol–water partition coefficient (Wildman–Crippen LogP) is 3.30. The zero-order valence-electron chi connectivity index (χ0n) is 12.7. The lowest BCUT2D eigenvalue weighted by molar-refractivity contribution is -0.154. The molecule has 0 aliphatic rings. The van der Waals surface area contributed by atoms with Crippen LogP contribution in [0, 0.1) is 0 Å². The molecule has 0 radical (unpaired) electrons. The molecule has 128 valence electrons. The Morgan fingerprint density at radius 1 is 1.29 bits per heavy atom. The number of ether oxygens (including phenoxy) is 1. The van der Waals surface area contributed by atoms with E-state index in [1.807, 2.05) is 6.07 Å². The van der Waals surface area contributed by atoms with Gasteiger partial charge in [-0.15, -0.1) is 0 Å². The van der Waals surface area contributed by atoms with Crippen molar-refractivity contribution in [1.82, 2.24) is 15.3 Å². The number of nitrogens with one attached hydrogen (secondary N) is 2. The molecular weight excluding hydrogens is 325 g/mol. The highest BCUT2D eigenvalue weighted by atomic mass is 19.4. The van der Waals surface area contributed by atoms with Crippen LogP contribution in [0.15, 0.2) is 42.9 Å². The highest BCUT2D eigenvalue weighted by molar-refractivity contribution is 5.89. The number of carbonyl (C=O) groups excluding carboxylic acids is 1. The number of aromatic nitrogens is 2. The van der Waals surface area contributed by atoms with Gasteiger partial charge in [0.15, 0.2) is 6.61 Å². The number of nitrogens with zero attached hydrogens (tertiary/aromatic N) is 2. The molecule has 2 amide bonds. The molecular formula is C15H15F3N4O2. The third-order valence-corrected chi connectivity index (χ3v) is 2.91. The van der Waals surface area contributed by atoms with Gasteiger partial charge < -0.3 is 15.4 Å². The summed E-state index contributed by atoms with van der Waals surface area (Å²) in [4.78, 5) is 19.6. The van der Waals surface area contributed by atoms with E-state index in [-0.39, 0.29) is 11.9 Å². The summed E-state index contributed by atoms with van der Waals surface area (Å²) in [7, 11) is 0. The largest absolute Gasteiger partial charge is 0.468 e. The first-order chi connectivity index (χ1) is 11.3. The summed E-state index contributed by atoms with van der Waals surface area (Å²) >= 11 is 0. The molecule has 0 unspecified atom stereocenters. The van der Waals surface area contributed by atoms with Crippen LogP contribution in [-0.4, -0.2) is 28.8 Å². The second-order valence-electron chi connectivity index (χ2n) is 4.90. The topological polar surface area (TPSA) is 76.1 Å². The summed E-state index contributed by atoms with van der Waals surface area (Å²) in [6, 6.07) is 5.48. The number of alkyl halides is 3. The summed E-state index contributed by atoms with van der Waals surface area (Å²) in [6.07, 6.45) is 0.0462. The van der Waals surface area contributed by atoms with Gasteiger partial charge in [0.2, 0.25) is 5.88 Å². The zero-order chi connectivity index (χ0) is 17.6. The predicted molar refractivity (Wildman–Crippen MR) is 80.6 cm³/mol. The molecule has 9 heteroatoms. The third-order valence-electron chi connectivity index (χ3n) is 2.91. The summed E-state index contributed by atoms with van der Waals surface area (Å²) in [6.45, 7) is 0.374. The Balaban J connectivity index is 1.85. The van der Waals surface area contributed by atoms with E-state index < -0.39 is 18.8 Å². The van der Waals surface area contributed by atoms with Crippen molar-refractivity contribution < 1.29 is 22.7 Å². The van der Waals surface area contributed by atoms with Crippen LogP contribution in [0.2, 0.25) is 0 Å². The van der Waals surface area contributed by atoms with E-state index in [9.17, 15) is 18.0 Å². The van der Waals surface area contributed by atoms with E-state index in [0.29, 0.717) is 5.69 Å². The van der Waals surface area contributed by atoms with Crippen LogP contribution >= 0.6 is 0 Å². The monoisotopic (exact) mass is 340 g/mol. The molecule has 2 aromatic heterocycles. The first-order valence-corrected chi connectivity index (χ1v) is 6.96. The molecule has 2 N–H and O–H groups in total. The van der Waals surface area contributed by atoms with Gasteiger partial charge in [0, 0.05) is 18.5 Å². The quantitative estimate of drug-likeness (QED) is 0.876. The standard InChI is InChI=1S/C15H15F3N4O2/c1-10(11-3-2-6-19-7-11)21-14(23)22-12-4-5-13(20-8-12)24-9-15(16,17)18/h2-8,10H,9H2,1H3,(H2,21,22,23)/t10-/m0/s1. The van der Waals surface area contributed by atoms with Crippen LogP contribution in [0.3, 0.4) is 0 Å². The van der Waals surface area contributed by atoms with Crippen molar-refractivity contribution in [2.24, 2.45) is 0 Å². The van der Waals surface area contributed by atoms with Crippen LogP contribution < -0.4 is 15.4 Å². The van der Waals surface area contributed by atoms with Gasteiger partial charge in [-0.1, -0.05) is 6.07 Å². The lowest BCUT2D eigenvalue weighted by Gasteiger charge is -2.14. The first-order valence-electron chi connectivity index (χ1n) is 6.96. The highest BCUT2D eigenvalue weighted by Crippen LogP contribution is 2.18. The van der Waals surface area contributed by atoms with Gasteiger partial charge in [-0.25, -0.2) is 9.78 Å². The van der Waals surface area contributed by atoms with E-state index in [1.54, 1.807) is 25.4 Å². The van der Waals surface area contributed by atoms with Crippen LogP contribution in [0.25, 0.3) is 0 Å². The minimum Gasteiger partial charge on any atom is -0.468 e. The molecule has 1 atom stereocenters. The summed E-state index contributed by atoms with van der Waals surface area (Å²) in [5.74, 6) is -0.179. The minimum absolute atomic E-state index is 0.179. The van der Waals surface area contributed by atoms with Crippen LogP contribution in [0.4, 0.5) is 23.7 Å². The number of halogens is 3. The molecule has 6 nitrogen and oxygen atoms in total. The van der Waals surface area contributed by atoms with Crippen molar-refractivity contribution in [2.45, 2.75) is 19.1 Å². The van der Waals surface area contributed by atoms with Gasteiger partial charge in [-0.3, -0.25) is 4.98 Å². The average molecular weight is 340 g/mol. The maximum atomic E-state index is 12.0. The fraction of sp³-hybridized carbons (Fsp3) is 0.267. The number of urea groups is 1. The summed E-state index contributed by atoms with van der Waals surface area (Å²) < 4.78 is 40.6. The molecule has 0 aromatic carbocycles. The number of pyridine rings is 2. The zero-order valence-corrected chi connectivity index (χ0v) is 12.7. The highest BCUT2D eigenvalue weighted by Gasteiger charge is 2.28. The lowest BCUT2D eigenvalue weighted by Crippen LogP contribution is -2.31. The Morgan fingerprint density at radius 3 is 2.67 bits per heavy atom. The molecule has 2 heterocycles. The van der Waals surface area contributed by atoms with Crippen LogP contribution in [0.5, 0.6) is 5.88 Å². The SMILES string of the molecule is C[C@H](NC(=O)Nc1ccc(OCC(F)(F)F)nc1)c1cccnc1. The first kappa shape index (κ1) is 17.5. The molecule has 0 saturated carbocycles. The third kappa shape index (κ3) is 5.75. The van der Waals surface area contributed by atoms with Gasteiger partial charge in [0.25, 0.3) is 0 Å². The molecule has 0 saturated heterocycles. The Kier molecular flexibility index (Phi) is 5.56. The van der Waals surface area contributed by atoms with Gasteiger partial charge in [-0.05, 0) is 24.6 Å². The number of anilines is 1. The Hall–Kier alpha value is -2.84. The van der Waals surface area contributed by atoms with Crippen molar-refractivity contribution in [1.29, 1.82) is 0 Å². The number of amides is 2. The Labute approximate surface area is 136 Å². The lowest BCUT2D eigenvalue weighted by atomic mass is 10.1. The van der Waals surface area contributed by atoms with Crippen molar-refractivity contribution >= 4 is 11.7 Å². The fourth-order valence-electron chi connectivity index (χ4n) is 1.77. The van der Waals surface area contributed by atoms with Gasteiger partial charge in [0.1, 0.15) is 0 Å². The molecule has 0 fully saturated rings. The normalized spacial score (nSPS) is 12.3. The summed E-state index contributed by atoms with van der Waals surface area (Å²) in [5, 5.41) is 5.24. The number of carbonyl (C=O) groups is 1. The van der Waals surface area contributed by atoms with Gasteiger partial charge >= 0.3 is 12.2 Å². The van der Waals surface area contributed by atoms with E-state index >= 15 is 0 Å². The Morgan fingerprint density at radius 2 is 2.08 bits per heavy atom. The van der Waals surface area contributed by atoms with Crippen molar-refractivity contribution in [3.8, 4) is 5.88 Å². The minimum atomic E-state index is -4.43. The van der Waals surface area contributed by atoms with Crippen LogP contribution in [0.1, 0.15) is 18.5 Å². The number of hydrogen-bond donors (Lipinski definition) is 2. The van der Waals surface area contributed by atoms with Gasteiger partial charge in [-0.2, -0.15) is 13.2 Å².